The van der Waals surface area contributed by atoms with Crippen molar-refractivity contribution >= 4 is 23.5 Å². The van der Waals surface area contributed by atoms with Crippen LogP contribution in [0, 0.1) is 50.2 Å². The van der Waals surface area contributed by atoms with Crippen LogP contribution in [-0.2, 0) is 80.6 Å². The molecule has 7 saturated heterocycles. The zero-order valence-corrected chi connectivity index (χ0v) is 67.5. The lowest BCUT2D eigenvalue weighted by atomic mass is 9.33. The number of rotatable bonds is 20. The van der Waals surface area contributed by atoms with Gasteiger partial charge in [-0.1, -0.05) is 72.2 Å². The van der Waals surface area contributed by atoms with Crippen LogP contribution >= 0.6 is 0 Å². The number of aliphatic hydroxyl groups is 19. The van der Waals surface area contributed by atoms with Crippen LogP contribution in [-0.4, -0.2) is 369 Å². The number of nitrogens with one attached hydrogen (secondary N) is 1. The summed E-state index contributed by atoms with van der Waals surface area (Å²) in [6, 6.07) is 4.87. The van der Waals surface area contributed by atoms with Crippen molar-refractivity contribution in [2.75, 3.05) is 38.8 Å². The van der Waals surface area contributed by atoms with Crippen LogP contribution in [0.15, 0.2) is 35.9 Å². The lowest BCUT2D eigenvalue weighted by molar-refractivity contribution is -0.378. The third-order valence-electron chi connectivity index (χ3n) is 28.9. The fourth-order valence-electron chi connectivity index (χ4n) is 21.6. The minimum absolute atomic E-state index is 0.0119. The number of nitrogen functional groups attached to an aromatic ring is 1. The second kappa shape index (κ2) is 35.0. The molecule has 11 fully saturated rings. The lowest BCUT2D eigenvalue weighted by Crippen LogP contribution is -2.70. The van der Waals surface area contributed by atoms with Gasteiger partial charge in [-0.05, 0) is 110 Å². The molecule has 0 radical (unpaired) electrons. The first-order valence-electron chi connectivity index (χ1n) is 40.8. The summed E-state index contributed by atoms with van der Waals surface area (Å²) >= 11 is 0. The summed E-state index contributed by atoms with van der Waals surface area (Å²) in [5.41, 5.74) is 1.27. The summed E-state index contributed by atoms with van der Waals surface area (Å²) < 4.78 is 91.2. The zero-order chi connectivity index (χ0) is 86.0. The van der Waals surface area contributed by atoms with Gasteiger partial charge in [-0.2, -0.15) is 0 Å². The molecule has 22 N–H and O–H groups in total. The minimum Gasteiger partial charge on any atom is -0.458 e. The molecule has 670 valence electrons. The molecule has 1 aromatic carbocycles. The number of fused-ring (bicyclic) bond motifs is 7. The highest BCUT2D eigenvalue weighted by molar-refractivity contribution is 5.95. The van der Waals surface area contributed by atoms with E-state index in [1.807, 2.05) is 13.8 Å². The van der Waals surface area contributed by atoms with Gasteiger partial charge in [0, 0.05) is 24.4 Å². The molecular weight excluding hydrogens is 1570 g/mol. The number of hydrogen-bond acceptors (Lipinski definition) is 38. The number of carbonyl (C=O) groups is 3. The largest absolute Gasteiger partial charge is 0.458 e. The molecule has 43 atom stereocenters. The monoisotopic (exact) mass is 1690 g/mol. The lowest BCUT2D eigenvalue weighted by Gasteiger charge is -2.72. The van der Waals surface area contributed by atoms with E-state index in [0.29, 0.717) is 32.1 Å². The first kappa shape index (κ1) is 91.6. The van der Waals surface area contributed by atoms with Gasteiger partial charge in [0.2, 0.25) is 12.2 Å². The van der Waals surface area contributed by atoms with Crippen molar-refractivity contribution in [2.45, 2.75) is 342 Å². The maximum absolute atomic E-state index is 16.6. The van der Waals surface area contributed by atoms with E-state index < -0.39 is 317 Å². The second-order valence-electron chi connectivity index (χ2n) is 36.7. The van der Waals surface area contributed by atoms with Crippen LogP contribution < -0.4 is 11.1 Å². The molecule has 5 aliphatic carbocycles. The molecule has 1 aromatic rings. The molecule has 0 bridgehead atoms. The van der Waals surface area contributed by atoms with Crippen molar-refractivity contribution in [1.82, 2.24) is 5.32 Å². The molecule has 39 nitrogen and oxygen atoms in total. The maximum atomic E-state index is 16.6. The quantitative estimate of drug-likeness (QED) is 0.0250. The molecule has 43 unspecified atom stereocenters. The van der Waals surface area contributed by atoms with Crippen LogP contribution in [0.1, 0.15) is 131 Å². The number of anilines is 1. The van der Waals surface area contributed by atoms with Gasteiger partial charge in [-0.3, -0.25) is 9.59 Å². The van der Waals surface area contributed by atoms with Gasteiger partial charge >= 0.3 is 11.9 Å². The van der Waals surface area contributed by atoms with Gasteiger partial charge in [-0.25, -0.2) is 4.79 Å². The van der Waals surface area contributed by atoms with Gasteiger partial charge in [0.1, 0.15) is 152 Å². The number of nitrogens with two attached hydrogens (primary N) is 1. The first-order valence-corrected chi connectivity index (χ1v) is 40.8. The second-order valence-corrected chi connectivity index (χ2v) is 36.7. The Morgan fingerprint density at radius 1 is 0.508 bits per heavy atom. The number of ether oxygens (including phenoxy) is 15. The number of para-hydroxylation sites is 1. The molecule has 1 amide bonds. The minimum atomic E-state index is -2.23. The Bertz CT molecular complexity index is 3680. The third kappa shape index (κ3) is 16.4. The zero-order valence-electron chi connectivity index (χ0n) is 67.5. The van der Waals surface area contributed by atoms with E-state index in [4.69, 9.17) is 76.8 Å². The Kier molecular flexibility index (Phi) is 27.2. The van der Waals surface area contributed by atoms with Crippen molar-refractivity contribution in [3.05, 3.63) is 41.5 Å². The summed E-state index contributed by atoms with van der Waals surface area (Å²) in [5.74, 6) is -3.83. The molecule has 0 spiro atoms. The number of benzene rings is 1. The van der Waals surface area contributed by atoms with Crippen LogP contribution in [0.4, 0.5) is 5.69 Å². The van der Waals surface area contributed by atoms with Gasteiger partial charge in [-0.15, -0.1) is 0 Å². The highest BCUT2D eigenvalue weighted by Crippen LogP contribution is 2.76. The molecule has 7 heterocycles. The standard InChI is InChI=1S/C79H122N2O37/c1-29-47(87)55(95)63(116-69-59(99)49(89)37(85)26-105-69)71(108-29)107-28-39-51(91)53(93)46(81-31(3)83)66(111-39)114-44-18-19-76(8)41(75(44,6)7)17-20-77(9)42(76)16-15-33-34-21-74(4,5)45(113-65(102)32-13-11-12-14-35(32)80)23-79(34,43(86)22-78(33,77)10)73(103)118-72-64(56(96)52(92)40(112-72)27-106-67-60(100)54(94)50(90)38(24-82)110-67)117-70-61(101)57(97)62(30(2)109-70)115-68-58(98)48(88)36(84)25-104-68/h11-15,29-30,34,36-64,66-72,82,84-101H,16-28,80H2,1-10H3,(H,81,83). The van der Waals surface area contributed by atoms with Gasteiger partial charge in [0.15, 0.2) is 43.8 Å². The smallest absolute Gasteiger partial charge is 0.340 e. The van der Waals surface area contributed by atoms with Crippen molar-refractivity contribution in [3.8, 4) is 0 Å². The summed E-state index contributed by atoms with van der Waals surface area (Å²) in [6.07, 6.45) is -54.9. The third-order valence-corrected chi connectivity index (χ3v) is 28.9. The number of hydrogen-bond donors (Lipinski definition) is 21. The van der Waals surface area contributed by atoms with E-state index >= 15 is 4.79 Å². The van der Waals surface area contributed by atoms with E-state index in [1.54, 1.807) is 12.1 Å². The van der Waals surface area contributed by atoms with Gasteiger partial charge < -0.3 is 179 Å². The average Bonchev–Trinajstić information content (AvgIpc) is 0.667. The Hall–Kier alpha value is -4.11. The molecule has 4 saturated carbocycles. The van der Waals surface area contributed by atoms with Crippen LogP contribution in [0.3, 0.4) is 0 Å². The number of allylic oxidation sites excluding steroid dienone is 2. The van der Waals surface area contributed by atoms with E-state index in [9.17, 15) is 107 Å². The Morgan fingerprint density at radius 2 is 1.04 bits per heavy atom. The van der Waals surface area contributed by atoms with Crippen LogP contribution in [0.2, 0.25) is 0 Å². The summed E-state index contributed by atoms with van der Waals surface area (Å²) in [5, 5.41) is 215. The van der Waals surface area contributed by atoms with E-state index in [0.717, 1.165) is 5.57 Å². The predicted octanol–water partition coefficient (Wildman–Crippen LogP) is -5.70. The molecule has 13 rings (SSSR count). The van der Waals surface area contributed by atoms with Crippen molar-refractivity contribution in [1.29, 1.82) is 0 Å². The normalized spacial score (nSPS) is 50.7. The van der Waals surface area contributed by atoms with Gasteiger partial charge in [0.05, 0.1) is 63.0 Å². The first-order chi connectivity index (χ1) is 55.4. The topological polar surface area (TPSA) is 612 Å². The predicted molar refractivity (Wildman–Crippen MR) is 394 cm³/mol. The number of esters is 2. The molecule has 7 aliphatic heterocycles. The summed E-state index contributed by atoms with van der Waals surface area (Å²) in [6.45, 7) is 15.3. The molecular formula is C79H122N2O37. The van der Waals surface area contributed by atoms with Crippen LogP contribution in [0.5, 0.6) is 0 Å². The molecule has 12 aliphatic rings. The van der Waals surface area contributed by atoms with Crippen molar-refractivity contribution < 1.29 is 182 Å². The number of carbonyl (C=O) groups excluding carboxylic acids is 3. The van der Waals surface area contributed by atoms with E-state index in [-0.39, 0.29) is 35.9 Å². The Balaban J connectivity index is 0.790. The molecule has 39 heteroatoms. The Labute approximate surface area is 680 Å². The molecule has 0 aromatic heterocycles. The Morgan fingerprint density at radius 3 is 1.67 bits per heavy atom. The molecule has 118 heavy (non-hydrogen) atoms. The van der Waals surface area contributed by atoms with Crippen LogP contribution in [0.25, 0.3) is 0 Å². The fourth-order valence-corrected chi connectivity index (χ4v) is 21.6. The summed E-state index contributed by atoms with van der Waals surface area (Å²) in [4.78, 5) is 44.1. The van der Waals surface area contributed by atoms with Gasteiger partial charge in [0.25, 0.3) is 0 Å². The summed E-state index contributed by atoms with van der Waals surface area (Å²) in [7, 11) is 0. The SMILES string of the molecule is CC(=O)NC1C(OC2CCC3(C)C(CCC4(C)C3CC=C3C5CC(C)(C)C(OC(=O)c6ccccc6N)CC5(C(=O)OC5OC(COC6OC(CO)C(O)C(O)C6O)C(O)C(O)C5OC5OC(C)C(OC6OCC(O)C(O)C6O)C(O)C5O)C(O)CC34C)C2(C)C)OC(COC2OC(C)C(O)C(O)C2OC2OCC(O)C(O)C2O)C(O)C1O. The van der Waals surface area contributed by atoms with Crippen molar-refractivity contribution in [2.24, 2.45) is 50.2 Å². The number of aliphatic hydroxyl groups excluding tert-OH is 19. The van der Waals surface area contributed by atoms with E-state index in [2.05, 4.69) is 46.0 Å². The maximum Gasteiger partial charge on any atom is 0.340 e. The van der Waals surface area contributed by atoms with E-state index in [1.165, 1.54) is 32.9 Å². The average molecular weight is 1690 g/mol. The fraction of sp³-hybridized carbons (Fsp3) is 0.861. The van der Waals surface area contributed by atoms with Crippen molar-refractivity contribution in [3.63, 3.8) is 0 Å². The number of amides is 1. The highest BCUT2D eigenvalue weighted by Gasteiger charge is 2.74. The highest BCUT2D eigenvalue weighted by atomic mass is 16.8.